The molecule has 0 unspecified atom stereocenters. The monoisotopic (exact) mass is 259 g/mol. The maximum atomic E-state index is 5.92. The number of hydrogen-bond acceptors (Lipinski definition) is 6. The predicted molar refractivity (Wildman–Crippen MR) is 61.6 cm³/mol. The van der Waals surface area contributed by atoms with E-state index in [0.29, 0.717) is 6.61 Å². The minimum atomic E-state index is -0.922. The Morgan fingerprint density at radius 3 is 2.44 bits per heavy atom. The van der Waals surface area contributed by atoms with E-state index in [4.69, 9.17) is 29.4 Å². The molecule has 3 rings (SSSR count). The van der Waals surface area contributed by atoms with Crippen LogP contribution in [0.2, 0.25) is 0 Å². The molecule has 3 aliphatic rings. The van der Waals surface area contributed by atoms with Crippen molar-refractivity contribution in [3.63, 3.8) is 0 Å². The molecule has 3 heterocycles. The lowest BCUT2D eigenvalue weighted by Gasteiger charge is -2.39. The highest BCUT2D eigenvalue weighted by Crippen LogP contribution is 2.46. The van der Waals surface area contributed by atoms with Crippen LogP contribution in [0.4, 0.5) is 0 Å². The Kier molecular flexibility index (Phi) is 2.59. The van der Waals surface area contributed by atoms with Crippen LogP contribution in [0.3, 0.4) is 0 Å². The molecule has 0 aromatic carbocycles. The molecule has 0 aromatic heterocycles. The van der Waals surface area contributed by atoms with Gasteiger partial charge in [-0.3, -0.25) is 0 Å². The van der Waals surface area contributed by atoms with Gasteiger partial charge in [0.1, 0.15) is 18.3 Å². The van der Waals surface area contributed by atoms with Crippen molar-refractivity contribution < 1.29 is 23.7 Å². The van der Waals surface area contributed by atoms with E-state index >= 15 is 0 Å². The molecule has 3 aliphatic heterocycles. The van der Waals surface area contributed by atoms with E-state index in [0.717, 1.165) is 0 Å². The summed E-state index contributed by atoms with van der Waals surface area (Å²) in [5, 5.41) is 0. The van der Waals surface area contributed by atoms with E-state index in [1.54, 1.807) is 0 Å². The number of hydrogen-bond donors (Lipinski definition) is 1. The van der Waals surface area contributed by atoms with Crippen LogP contribution >= 0.6 is 0 Å². The van der Waals surface area contributed by atoms with E-state index in [9.17, 15) is 0 Å². The molecule has 6 nitrogen and oxygen atoms in total. The SMILES string of the molecule is CC1(C)O[C@H]2[C@H]3OC(C)(C)O[C@@]3(CN)OC[C@H]2O1. The fourth-order valence-electron chi connectivity index (χ4n) is 3.01. The van der Waals surface area contributed by atoms with Gasteiger partial charge in [-0.25, -0.2) is 0 Å². The molecular formula is C12H21NO5. The lowest BCUT2D eigenvalue weighted by Crippen LogP contribution is -2.61. The van der Waals surface area contributed by atoms with Gasteiger partial charge in [0.2, 0.25) is 5.79 Å². The topological polar surface area (TPSA) is 72.2 Å². The first-order valence-electron chi connectivity index (χ1n) is 6.35. The van der Waals surface area contributed by atoms with E-state index in [-0.39, 0.29) is 24.9 Å². The molecule has 0 aliphatic carbocycles. The second-order valence-corrected chi connectivity index (χ2v) is 6.01. The molecule has 104 valence electrons. The van der Waals surface area contributed by atoms with Gasteiger partial charge in [0.15, 0.2) is 11.6 Å². The Bertz CT molecular complexity index is 358. The maximum Gasteiger partial charge on any atom is 0.213 e. The summed E-state index contributed by atoms with van der Waals surface area (Å²) in [5.74, 6) is -2.27. The van der Waals surface area contributed by atoms with Gasteiger partial charge in [-0.2, -0.15) is 0 Å². The summed E-state index contributed by atoms with van der Waals surface area (Å²) in [5.41, 5.74) is 5.82. The molecule has 4 atom stereocenters. The number of ether oxygens (including phenoxy) is 5. The van der Waals surface area contributed by atoms with Crippen LogP contribution in [0, 0.1) is 0 Å². The Balaban J connectivity index is 1.90. The molecule has 0 radical (unpaired) electrons. The van der Waals surface area contributed by atoms with Crippen LogP contribution in [-0.4, -0.2) is 48.8 Å². The number of fused-ring (bicyclic) bond motifs is 3. The molecule has 6 heteroatoms. The van der Waals surface area contributed by atoms with E-state index < -0.39 is 17.4 Å². The molecule has 0 saturated carbocycles. The fraction of sp³-hybridized carbons (Fsp3) is 1.00. The highest BCUT2D eigenvalue weighted by molar-refractivity contribution is 5.03. The van der Waals surface area contributed by atoms with Crippen molar-refractivity contribution in [2.75, 3.05) is 13.2 Å². The second-order valence-electron chi connectivity index (χ2n) is 6.01. The predicted octanol–water partition coefficient (Wildman–Crippen LogP) is 0.343. The summed E-state index contributed by atoms with van der Waals surface area (Å²) in [7, 11) is 0. The normalized spacial score (nSPS) is 48.8. The molecule has 3 saturated heterocycles. The van der Waals surface area contributed by atoms with Crippen molar-refractivity contribution in [1.82, 2.24) is 0 Å². The molecule has 0 amide bonds. The van der Waals surface area contributed by atoms with Gasteiger partial charge in [-0.1, -0.05) is 0 Å². The zero-order valence-electron chi connectivity index (χ0n) is 11.3. The highest BCUT2D eigenvalue weighted by atomic mass is 16.9. The zero-order valence-corrected chi connectivity index (χ0v) is 11.3. The van der Waals surface area contributed by atoms with E-state index in [2.05, 4.69) is 0 Å². The van der Waals surface area contributed by atoms with Crippen LogP contribution in [-0.2, 0) is 23.7 Å². The highest BCUT2D eigenvalue weighted by Gasteiger charge is 2.64. The average molecular weight is 259 g/mol. The summed E-state index contributed by atoms with van der Waals surface area (Å²) in [6.45, 7) is 8.10. The van der Waals surface area contributed by atoms with Gasteiger partial charge in [0, 0.05) is 0 Å². The van der Waals surface area contributed by atoms with Crippen LogP contribution in [0.5, 0.6) is 0 Å². The van der Waals surface area contributed by atoms with Crippen LogP contribution < -0.4 is 5.73 Å². The maximum absolute atomic E-state index is 5.92. The largest absolute Gasteiger partial charge is 0.343 e. The van der Waals surface area contributed by atoms with Gasteiger partial charge >= 0.3 is 0 Å². The van der Waals surface area contributed by atoms with Crippen molar-refractivity contribution in [3.8, 4) is 0 Å². The molecule has 18 heavy (non-hydrogen) atoms. The molecule has 0 bridgehead atoms. The van der Waals surface area contributed by atoms with Crippen LogP contribution in [0.15, 0.2) is 0 Å². The minimum absolute atomic E-state index is 0.137. The van der Waals surface area contributed by atoms with Gasteiger partial charge in [-0.15, -0.1) is 0 Å². The third kappa shape index (κ3) is 1.79. The van der Waals surface area contributed by atoms with Crippen LogP contribution in [0.25, 0.3) is 0 Å². The lowest BCUT2D eigenvalue weighted by atomic mass is 9.97. The summed E-state index contributed by atoms with van der Waals surface area (Å²) >= 11 is 0. The fourth-order valence-corrected chi connectivity index (χ4v) is 3.01. The number of nitrogens with two attached hydrogens (primary N) is 1. The quantitative estimate of drug-likeness (QED) is 0.732. The van der Waals surface area contributed by atoms with E-state index in [1.807, 2.05) is 27.7 Å². The molecule has 0 spiro atoms. The van der Waals surface area contributed by atoms with Crippen molar-refractivity contribution in [3.05, 3.63) is 0 Å². The van der Waals surface area contributed by atoms with Gasteiger partial charge < -0.3 is 29.4 Å². The molecule has 2 N–H and O–H groups in total. The Labute approximate surface area is 107 Å². The average Bonchev–Trinajstić information content (AvgIpc) is 2.70. The second kappa shape index (κ2) is 3.65. The smallest absolute Gasteiger partial charge is 0.213 e. The van der Waals surface area contributed by atoms with E-state index in [1.165, 1.54) is 0 Å². The summed E-state index contributed by atoms with van der Waals surface area (Å²) < 4.78 is 29.3. The summed E-state index contributed by atoms with van der Waals surface area (Å²) in [6, 6.07) is 0. The van der Waals surface area contributed by atoms with Gasteiger partial charge in [0.25, 0.3) is 0 Å². The minimum Gasteiger partial charge on any atom is -0.343 e. The van der Waals surface area contributed by atoms with Crippen molar-refractivity contribution >= 4 is 0 Å². The lowest BCUT2D eigenvalue weighted by molar-refractivity contribution is -0.274. The van der Waals surface area contributed by atoms with Crippen molar-refractivity contribution in [2.24, 2.45) is 5.73 Å². The zero-order chi connectivity index (χ0) is 13.2. The summed E-state index contributed by atoms with van der Waals surface area (Å²) in [4.78, 5) is 0. The van der Waals surface area contributed by atoms with Crippen molar-refractivity contribution in [2.45, 2.75) is 63.4 Å². The standard InChI is InChI=1S/C12H21NO5/c1-10(2)15-7-5-14-12(6-13)9(8(7)16-10)17-11(3,4)18-12/h7-9H,5-6,13H2,1-4H3/t7-,8-,9-,12-/m1/s1. The van der Waals surface area contributed by atoms with Crippen LogP contribution in [0.1, 0.15) is 27.7 Å². The third-order valence-electron chi connectivity index (χ3n) is 3.56. The molecular weight excluding hydrogens is 238 g/mol. The Morgan fingerprint density at radius 2 is 1.78 bits per heavy atom. The molecule has 3 fully saturated rings. The van der Waals surface area contributed by atoms with Gasteiger partial charge in [0.05, 0.1) is 13.2 Å². The molecule has 0 aromatic rings. The first-order valence-corrected chi connectivity index (χ1v) is 6.35. The van der Waals surface area contributed by atoms with Gasteiger partial charge in [-0.05, 0) is 27.7 Å². The van der Waals surface area contributed by atoms with Crippen molar-refractivity contribution in [1.29, 1.82) is 0 Å². The number of rotatable bonds is 1. The summed E-state index contributed by atoms with van der Waals surface area (Å²) in [6.07, 6.45) is -0.709. The first kappa shape index (κ1) is 12.8. The Morgan fingerprint density at radius 1 is 1.06 bits per heavy atom. The third-order valence-corrected chi connectivity index (χ3v) is 3.56. The Hall–Kier alpha value is -0.240. The first-order chi connectivity index (χ1) is 8.27.